The number of methoxy groups -OCH3 is 1. The van der Waals surface area contributed by atoms with Gasteiger partial charge in [0.2, 0.25) is 0 Å². The van der Waals surface area contributed by atoms with E-state index in [9.17, 15) is 4.39 Å². The topological polar surface area (TPSA) is 21.3 Å². The molecular formula is C13H18FNO. The predicted octanol–water partition coefficient (Wildman–Crippen LogP) is 2.95. The second kappa shape index (κ2) is 4.83. The molecule has 0 saturated carbocycles. The minimum absolute atomic E-state index is 0.112. The smallest absolute Gasteiger partial charge is 0.132 e. The van der Waals surface area contributed by atoms with Crippen molar-refractivity contribution in [2.75, 3.05) is 25.6 Å². The number of fused-ring (bicyclic) bond motifs is 1. The van der Waals surface area contributed by atoms with E-state index in [2.05, 4.69) is 11.4 Å². The van der Waals surface area contributed by atoms with Gasteiger partial charge in [0.25, 0.3) is 0 Å². The molecule has 0 saturated heterocycles. The predicted molar refractivity (Wildman–Crippen MR) is 63.5 cm³/mol. The molecule has 0 spiro atoms. The van der Waals surface area contributed by atoms with Crippen LogP contribution in [0.4, 0.5) is 10.1 Å². The summed E-state index contributed by atoms with van der Waals surface area (Å²) < 4.78 is 19.3. The van der Waals surface area contributed by atoms with Crippen LogP contribution >= 0.6 is 0 Å². The van der Waals surface area contributed by atoms with Crippen LogP contribution in [0.1, 0.15) is 24.2 Å². The Labute approximate surface area is 95.8 Å². The quantitative estimate of drug-likeness (QED) is 0.847. The normalized spacial score (nSPS) is 17.7. The van der Waals surface area contributed by atoms with Crippen LogP contribution in [0, 0.1) is 5.92 Å². The van der Waals surface area contributed by atoms with Crippen molar-refractivity contribution in [3.63, 3.8) is 0 Å². The summed E-state index contributed by atoms with van der Waals surface area (Å²) in [5.74, 6) is -0.112. The first-order valence-corrected chi connectivity index (χ1v) is 5.72. The molecule has 1 aromatic rings. The number of para-hydroxylation sites is 1. The minimum atomic E-state index is -0.958. The van der Waals surface area contributed by atoms with Crippen molar-refractivity contribution in [3.05, 3.63) is 29.3 Å². The molecule has 1 aromatic carbocycles. The third kappa shape index (κ3) is 2.05. The highest BCUT2D eigenvalue weighted by Crippen LogP contribution is 2.36. The van der Waals surface area contributed by atoms with E-state index in [1.165, 1.54) is 5.56 Å². The zero-order chi connectivity index (χ0) is 11.5. The van der Waals surface area contributed by atoms with E-state index in [1.54, 1.807) is 7.11 Å². The van der Waals surface area contributed by atoms with Gasteiger partial charge in [0.1, 0.15) is 6.17 Å². The van der Waals surface area contributed by atoms with Gasteiger partial charge in [0, 0.05) is 30.8 Å². The number of nitrogens with one attached hydrogen (secondary N) is 1. The van der Waals surface area contributed by atoms with Crippen molar-refractivity contribution in [1.82, 2.24) is 0 Å². The van der Waals surface area contributed by atoms with Gasteiger partial charge in [-0.1, -0.05) is 25.1 Å². The van der Waals surface area contributed by atoms with Crippen LogP contribution in [0.3, 0.4) is 0 Å². The van der Waals surface area contributed by atoms with Crippen molar-refractivity contribution in [3.8, 4) is 0 Å². The first-order valence-electron chi connectivity index (χ1n) is 5.72. The molecular weight excluding hydrogens is 205 g/mol. The van der Waals surface area contributed by atoms with Crippen LogP contribution in [0.5, 0.6) is 0 Å². The maximum Gasteiger partial charge on any atom is 0.132 e. The van der Waals surface area contributed by atoms with E-state index in [1.807, 2.05) is 19.1 Å². The molecule has 0 bridgehead atoms. The van der Waals surface area contributed by atoms with Crippen LogP contribution in [0.15, 0.2) is 18.2 Å². The van der Waals surface area contributed by atoms with E-state index in [-0.39, 0.29) is 5.92 Å². The molecule has 3 heteroatoms. The molecule has 0 radical (unpaired) electrons. The van der Waals surface area contributed by atoms with Crippen LogP contribution < -0.4 is 5.32 Å². The van der Waals surface area contributed by atoms with Crippen molar-refractivity contribution >= 4 is 5.69 Å². The number of alkyl halides is 1. The van der Waals surface area contributed by atoms with E-state index in [0.29, 0.717) is 6.61 Å². The van der Waals surface area contributed by atoms with Crippen molar-refractivity contribution in [2.45, 2.75) is 19.5 Å². The maximum atomic E-state index is 14.3. The highest BCUT2D eigenvalue weighted by Gasteiger charge is 2.24. The standard InChI is InChI=1S/C13H18FNO/c1-9(8-16-2)12(14)11-5-3-4-10-6-7-15-13(10)11/h3-5,9,12,15H,6-8H2,1-2H3. The second-order valence-electron chi connectivity index (χ2n) is 4.39. The Morgan fingerprint density at radius 3 is 3.06 bits per heavy atom. The van der Waals surface area contributed by atoms with Gasteiger partial charge in [-0.25, -0.2) is 4.39 Å². The second-order valence-corrected chi connectivity index (χ2v) is 4.39. The molecule has 0 fully saturated rings. The maximum absolute atomic E-state index is 14.3. The minimum Gasteiger partial charge on any atom is -0.384 e. The molecule has 2 rings (SSSR count). The van der Waals surface area contributed by atoms with E-state index < -0.39 is 6.17 Å². The van der Waals surface area contributed by atoms with Crippen molar-refractivity contribution in [2.24, 2.45) is 5.92 Å². The van der Waals surface area contributed by atoms with Crippen LogP contribution in [-0.4, -0.2) is 20.3 Å². The SMILES string of the molecule is COCC(C)C(F)c1cccc2c1NCC2. The summed E-state index contributed by atoms with van der Waals surface area (Å²) in [5.41, 5.74) is 3.00. The Kier molecular flexibility index (Phi) is 3.44. The highest BCUT2D eigenvalue weighted by atomic mass is 19.1. The first-order chi connectivity index (χ1) is 7.74. The summed E-state index contributed by atoms with van der Waals surface area (Å²) in [7, 11) is 1.61. The molecule has 1 aliphatic rings. The van der Waals surface area contributed by atoms with Gasteiger partial charge in [0.05, 0.1) is 6.61 Å². The Morgan fingerprint density at radius 2 is 2.31 bits per heavy atom. The summed E-state index contributed by atoms with van der Waals surface area (Å²) in [5, 5.41) is 3.27. The first kappa shape index (κ1) is 11.4. The Bertz CT molecular complexity index is 367. The van der Waals surface area contributed by atoms with Crippen LogP contribution in [0.25, 0.3) is 0 Å². The van der Waals surface area contributed by atoms with Gasteiger partial charge in [-0.05, 0) is 12.0 Å². The lowest BCUT2D eigenvalue weighted by molar-refractivity contribution is 0.109. The van der Waals surface area contributed by atoms with Gasteiger partial charge in [-0.15, -0.1) is 0 Å². The lowest BCUT2D eigenvalue weighted by Gasteiger charge is -2.19. The molecule has 2 atom stereocenters. The number of ether oxygens (including phenoxy) is 1. The zero-order valence-electron chi connectivity index (χ0n) is 9.79. The molecule has 2 nitrogen and oxygen atoms in total. The molecule has 0 aliphatic carbocycles. The van der Waals surface area contributed by atoms with E-state index >= 15 is 0 Å². The molecule has 1 heterocycles. The summed E-state index contributed by atoms with van der Waals surface area (Å²) in [6.07, 6.45) is 0.0367. The zero-order valence-corrected chi connectivity index (χ0v) is 9.79. The number of hydrogen-bond donors (Lipinski definition) is 1. The average molecular weight is 223 g/mol. The summed E-state index contributed by atoms with van der Waals surface area (Å²) in [6.45, 7) is 3.24. The summed E-state index contributed by atoms with van der Waals surface area (Å²) >= 11 is 0. The van der Waals surface area contributed by atoms with E-state index in [4.69, 9.17) is 4.74 Å². The third-order valence-corrected chi connectivity index (χ3v) is 3.11. The van der Waals surface area contributed by atoms with Gasteiger partial charge in [-0.3, -0.25) is 0 Å². The van der Waals surface area contributed by atoms with Gasteiger partial charge in [-0.2, -0.15) is 0 Å². The number of rotatable bonds is 4. The Balaban J connectivity index is 2.23. The highest BCUT2D eigenvalue weighted by molar-refractivity contribution is 5.62. The largest absolute Gasteiger partial charge is 0.384 e. The van der Waals surface area contributed by atoms with Gasteiger partial charge >= 0.3 is 0 Å². The van der Waals surface area contributed by atoms with Crippen molar-refractivity contribution in [1.29, 1.82) is 0 Å². The Hall–Kier alpha value is -1.09. The van der Waals surface area contributed by atoms with Crippen LogP contribution in [-0.2, 0) is 11.2 Å². The number of anilines is 1. The number of benzene rings is 1. The molecule has 16 heavy (non-hydrogen) atoms. The number of hydrogen-bond acceptors (Lipinski definition) is 2. The fourth-order valence-corrected chi connectivity index (χ4v) is 2.25. The third-order valence-electron chi connectivity index (χ3n) is 3.11. The van der Waals surface area contributed by atoms with Gasteiger partial charge < -0.3 is 10.1 Å². The lowest BCUT2D eigenvalue weighted by atomic mass is 9.96. The lowest BCUT2D eigenvalue weighted by Crippen LogP contribution is -2.12. The van der Waals surface area contributed by atoms with Crippen molar-refractivity contribution < 1.29 is 9.13 Å². The average Bonchev–Trinajstić information content (AvgIpc) is 2.76. The molecule has 88 valence electrons. The monoisotopic (exact) mass is 223 g/mol. The fraction of sp³-hybridized carbons (Fsp3) is 0.538. The Morgan fingerprint density at radius 1 is 1.50 bits per heavy atom. The molecule has 0 amide bonds. The van der Waals surface area contributed by atoms with Gasteiger partial charge in [0.15, 0.2) is 0 Å². The van der Waals surface area contributed by atoms with Crippen LogP contribution in [0.2, 0.25) is 0 Å². The molecule has 1 N–H and O–H groups in total. The summed E-state index contributed by atoms with van der Waals surface area (Å²) in [6, 6.07) is 5.87. The summed E-state index contributed by atoms with van der Waals surface area (Å²) in [4.78, 5) is 0. The molecule has 2 unspecified atom stereocenters. The molecule has 0 aromatic heterocycles. The number of halogens is 1. The van der Waals surface area contributed by atoms with E-state index in [0.717, 1.165) is 24.2 Å². The fourth-order valence-electron chi connectivity index (χ4n) is 2.25. The molecule has 1 aliphatic heterocycles.